The first-order valence-electron chi connectivity index (χ1n) is 9.10. The zero-order valence-corrected chi connectivity index (χ0v) is 16.6. The fraction of sp³-hybridized carbons (Fsp3) is 0.350. The quantitative estimate of drug-likeness (QED) is 0.656. The highest BCUT2D eigenvalue weighted by atomic mass is 32.2. The van der Waals surface area contributed by atoms with Gasteiger partial charge < -0.3 is 9.88 Å². The molecule has 0 atom stereocenters. The average Bonchev–Trinajstić information content (AvgIpc) is 3.38. The van der Waals surface area contributed by atoms with Crippen LogP contribution in [0.1, 0.15) is 30.3 Å². The molecule has 0 unspecified atom stereocenters. The van der Waals surface area contributed by atoms with E-state index < -0.39 is 0 Å². The smallest absolute Gasteiger partial charge is 0.234 e. The van der Waals surface area contributed by atoms with Crippen molar-refractivity contribution >= 4 is 23.4 Å². The molecule has 1 aromatic carbocycles. The summed E-state index contributed by atoms with van der Waals surface area (Å²) in [4.78, 5) is 17.1. The number of rotatable bonds is 6. The van der Waals surface area contributed by atoms with Crippen LogP contribution in [0.3, 0.4) is 0 Å². The van der Waals surface area contributed by atoms with Crippen molar-refractivity contribution in [2.75, 3.05) is 11.1 Å². The Bertz CT molecular complexity index is 972. The Morgan fingerprint density at radius 1 is 1.26 bits per heavy atom. The maximum absolute atomic E-state index is 12.5. The Hall–Kier alpha value is -2.54. The Morgan fingerprint density at radius 2 is 2.00 bits per heavy atom. The van der Waals surface area contributed by atoms with Gasteiger partial charge in [0.15, 0.2) is 5.16 Å². The van der Waals surface area contributed by atoms with Gasteiger partial charge in [0.05, 0.1) is 34.7 Å². The summed E-state index contributed by atoms with van der Waals surface area (Å²) in [5, 5.41) is 8.24. The Morgan fingerprint density at radius 3 is 2.63 bits per heavy atom. The summed E-state index contributed by atoms with van der Waals surface area (Å²) < 4.78 is 4.07. The van der Waals surface area contributed by atoms with Gasteiger partial charge >= 0.3 is 0 Å². The molecule has 6 nitrogen and oxygen atoms in total. The summed E-state index contributed by atoms with van der Waals surface area (Å²) in [6.45, 7) is 3.86. The Balaban J connectivity index is 1.48. The van der Waals surface area contributed by atoms with Gasteiger partial charge in [-0.2, -0.15) is 5.10 Å². The molecule has 27 heavy (non-hydrogen) atoms. The lowest BCUT2D eigenvalue weighted by atomic mass is 10.2. The Labute approximate surface area is 163 Å². The topological polar surface area (TPSA) is 64.7 Å². The van der Waals surface area contributed by atoms with E-state index in [1.54, 1.807) is 4.68 Å². The van der Waals surface area contributed by atoms with Crippen molar-refractivity contribution in [1.29, 1.82) is 0 Å². The molecule has 1 aliphatic rings. The minimum Gasteiger partial charge on any atom is -0.322 e. The first-order chi connectivity index (χ1) is 13.0. The van der Waals surface area contributed by atoms with Crippen molar-refractivity contribution < 1.29 is 4.79 Å². The van der Waals surface area contributed by atoms with Crippen LogP contribution in [0.4, 0.5) is 5.69 Å². The lowest BCUT2D eigenvalue weighted by molar-refractivity contribution is -0.113. The molecule has 1 saturated carbocycles. The minimum absolute atomic E-state index is 0.0363. The number of carbonyl (C=O) groups excluding carboxylic acids is 1. The molecular weight excluding hydrogens is 358 g/mol. The van der Waals surface area contributed by atoms with E-state index in [0.29, 0.717) is 11.8 Å². The van der Waals surface area contributed by atoms with Crippen LogP contribution in [0.5, 0.6) is 0 Å². The van der Waals surface area contributed by atoms with Gasteiger partial charge in [-0.05, 0) is 32.3 Å². The molecule has 0 saturated heterocycles. The third-order valence-electron chi connectivity index (χ3n) is 4.85. The standard InChI is InChI=1S/C20H23N5OS/c1-13-19(14(2)24(3)23-13)22-18(26)12-27-20-21-11-17(25(20)16-9-10-16)15-7-5-4-6-8-15/h4-8,11,16H,9-10,12H2,1-3H3,(H,22,26). The predicted molar refractivity (Wildman–Crippen MR) is 108 cm³/mol. The molecule has 4 rings (SSSR count). The molecule has 2 aromatic heterocycles. The van der Waals surface area contributed by atoms with E-state index in [9.17, 15) is 4.79 Å². The second-order valence-corrected chi connectivity index (χ2v) is 7.84. The number of benzene rings is 1. The molecule has 0 radical (unpaired) electrons. The molecule has 7 heteroatoms. The van der Waals surface area contributed by atoms with Crippen LogP contribution in [-0.4, -0.2) is 31.0 Å². The number of aromatic nitrogens is 4. The summed E-state index contributed by atoms with van der Waals surface area (Å²) in [6.07, 6.45) is 4.26. The third kappa shape index (κ3) is 3.64. The largest absolute Gasteiger partial charge is 0.322 e. The van der Waals surface area contributed by atoms with Crippen molar-refractivity contribution in [3.05, 3.63) is 47.9 Å². The summed E-state index contributed by atoms with van der Waals surface area (Å²) in [7, 11) is 1.88. The van der Waals surface area contributed by atoms with Gasteiger partial charge in [-0.15, -0.1) is 0 Å². The van der Waals surface area contributed by atoms with E-state index in [1.165, 1.54) is 24.6 Å². The zero-order valence-electron chi connectivity index (χ0n) is 15.8. The Kier molecular flexibility index (Phi) is 4.78. The van der Waals surface area contributed by atoms with E-state index in [-0.39, 0.29) is 5.91 Å². The van der Waals surface area contributed by atoms with Crippen LogP contribution in [-0.2, 0) is 11.8 Å². The number of amides is 1. The highest BCUT2D eigenvalue weighted by Crippen LogP contribution is 2.41. The number of imidazole rings is 1. The highest BCUT2D eigenvalue weighted by molar-refractivity contribution is 7.99. The molecule has 1 N–H and O–H groups in total. The molecule has 1 amide bonds. The minimum atomic E-state index is -0.0363. The first-order valence-corrected chi connectivity index (χ1v) is 10.1. The molecule has 3 aromatic rings. The highest BCUT2D eigenvalue weighted by Gasteiger charge is 2.29. The molecular formula is C20H23N5OS. The van der Waals surface area contributed by atoms with Crippen molar-refractivity contribution in [1.82, 2.24) is 19.3 Å². The van der Waals surface area contributed by atoms with Crippen LogP contribution in [0.25, 0.3) is 11.3 Å². The lowest BCUT2D eigenvalue weighted by Gasteiger charge is -2.11. The number of hydrogen-bond acceptors (Lipinski definition) is 4. The molecule has 0 bridgehead atoms. The second-order valence-electron chi connectivity index (χ2n) is 6.90. The average molecular weight is 382 g/mol. The van der Waals surface area contributed by atoms with Crippen LogP contribution in [0, 0.1) is 13.8 Å². The van der Waals surface area contributed by atoms with E-state index in [4.69, 9.17) is 0 Å². The SMILES string of the molecule is Cc1nn(C)c(C)c1NC(=O)CSc1ncc(-c2ccccc2)n1C1CC1. The number of aryl methyl sites for hydroxylation is 2. The van der Waals surface area contributed by atoms with Gasteiger partial charge in [-0.25, -0.2) is 4.98 Å². The van der Waals surface area contributed by atoms with E-state index in [2.05, 4.69) is 32.1 Å². The number of carbonyl (C=O) groups is 1. The maximum atomic E-state index is 12.5. The zero-order chi connectivity index (χ0) is 19.0. The van der Waals surface area contributed by atoms with E-state index >= 15 is 0 Å². The normalized spacial score (nSPS) is 13.7. The fourth-order valence-corrected chi connectivity index (χ4v) is 4.06. The second kappa shape index (κ2) is 7.23. The van der Waals surface area contributed by atoms with Crippen molar-refractivity contribution in [2.24, 2.45) is 7.05 Å². The predicted octanol–water partition coefficient (Wildman–Crippen LogP) is 3.97. The number of anilines is 1. The van der Waals surface area contributed by atoms with Gasteiger partial charge in [0.1, 0.15) is 0 Å². The van der Waals surface area contributed by atoms with E-state index in [0.717, 1.165) is 33.5 Å². The number of nitrogens with one attached hydrogen (secondary N) is 1. The summed E-state index contributed by atoms with van der Waals surface area (Å²) in [6, 6.07) is 10.8. The van der Waals surface area contributed by atoms with Gasteiger partial charge in [-0.3, -0.25) is 9.48 Å². The molecule has 2 heterocycles. The van der Waals surface area contributed by atoms with Crippen molar-refractivity contribution in [3.8, 4) is 11.3 Å². The molecule has 0 aliphatic heterocycles. The maximum Gasteiger partial charge on any atom is 0.234 e. The summed E-state index contributed by atoms with van der Waals surface area (Å²) in [5.41, 5.74) is 4.88. The van der Waals surface area contributed by atoms with Crippen molar-refractivity contribution in [3.63, 3.8) is 0 Å². The fourth-order valence-electron chi connectivity index (χ4n) is 3.22. The third-order valence-corrected chi connectivity index (χ3v) is 5.82. The lowest BCUT2D eigenvalue weighted by Crippen LogP contribution is -2.15. The summed E-state index contributed by atoms with van der Waals surface area (Å²) >= 11 is 1.49. The van der Waals surface area contributed by atoms with E-state index in [1.807, 2.05) is 45.3 Å². The number of thioether (sulfide) groups is 1. The van der Waals surface area contributed by atoms with Crippen LogP contribution in [0.2, 0.25) is 0 Å². The molecule has 1 aliphatic carbocycles. The van der Waals surface area contributed by atoms with Gasteiger partial charge in [-0.1, -0.05) is 42.1 Å². The monoisotopic (exact) mass is 381 g/mol. The van der Waals surface area contributed by atoms with Gasteiger partial charge in [0.2, 0.25) is 5.91 Å². The molecule has 1 fully saturated rings. The van der Waals surface area contributed by atoms with Crippen LogP contribution in [0.15, 0.2) is 41.7 Å². The van der Waals surface area contributed by atoms with Gasteiger partial charge in [0, 0.05) is 13.1 Å². The summed E-state index contributed by atoms with van der Waals surface area (Å²) in [5.74, 6) is 0.289. The number of hydrogen-bond donors (Lipinski definition) is 1. The molecule has 140 valence electrons. The number of nitrogens with zero attached hydrogens (tertiary/aromatic N) is 4. The molecule has 0 spiro atoms. The van der Waals surface area contributed by atoms with Crippen LogP contribution >= 0.6 is 11.8 Å². The van der Waals surface area contributed by atoms with Crippen LogP contribution < -0.4 is 5.32 Å². The van der Waals surface area contributed by atoms with Crippen molar-refractivity contribution in [2.45, 2.75) is 37.9 Å². The van der Waals surface area contributed by atoms with Gasteiger partial charge in [0.25, 0.3) is 0 Å². The first kappa shape index (κ1) is 17.9.